The van der Waals surface area contributed by atoms with Crippen LogP contribution in [-0.4, -0.2) is 4.98 Å². The first-order valence-electron chi connectivity index (χ1n) is 6.65. The molecule has 1 heterocycles. The van der Waals surface area contributed by atoms with Crippen molar-refractivity contribution in [2.45, 2.75) is 25.7 Å². The first kappa shape index (κ1) is 13.8. The van der Waals surface area contributed by atoms with E-state index >= 15 is 0 Å². The standard InChI is InChI=1S/C16H13IN2S/c17-13-7-3-1-5-10(13)15-11-6-2-4-8-14(11)19-16(20)12(15)9-18/h1,3,5,7H,2,4,6,8H2,(H,19,20). The van der Waals surface area contributed by atoms with Gasteiger partial charge in [-0.3, -0.25) is 0 Å². The average Bonchev–Trinajstić information content (AvgIpc) is 2.46. The van der Waals surface area contributed by atoms with Gasteiger partial charge in [0.15, 0.2) is 0 Å². The Kier molecular flexibility index (Phi) is 3.90. The lowest BCUT2D eigenvalue weighted by atomic mass is 9.87. The van der Waals surface area contributed by atoms with Crippen LogP contribution in [0.1, 0.15) is 29.7 Å². The Bertz CT molecular complexity index is 771. The van der Waals surface area contributed by atoms with Crippen molar-refractivity contribution in [2.75, 3.05) is 0 Å². The summed E-state index contributed by atoms with van der Waals surface area (Å²) in [5, 5.41) is 9.51. The summed E-state index contributed by atoms with van der Waals surface area (Å²) in [4.78, 5) is 3.27. The van der Waals surface area contributed by atoms with Gasteiger partial charge in [0.1, 0.15) is 10.7 Å². The van der Waals surface area contributed by atoms with Crippen LogP contribution < -0.4 is 0 Å². The van der Waals surface area contributed by atoms with Crippen LogP contribution in [0.25, 0.3) is 11.1 Å². The summed E-state index contributed by atoms with van der Waals surface area (Å²) in [5.41, 5.74) is 5.30. The van der Waals surface area contributed by atoms with E-state index < -0.39 is 0 Å². The summed E-state index contributed by atoms with van der Waals surface area (Å²) in [5.74, 6) is 0. The third-order valence-corrected chi connectivity index (χ3v) is 5.01. The number of halogens is 1. The van der Waals surface area contributed by atoms with Gasteiger partial charge in [0.2, 0.25) is 0 Å². The molecule has 1 aromatic heterocycles. The highest BCUT2D eigenvalue weighted by Crippen LogP contribution is 2.35. The number of aromatic amines is 1. The van der Waals surface area contributed by atoms with Gasteiger partial charge in [-0.05, 0) is 65.5 Å². The molecule has 0 amide bonds. The predicted molar refractivity (Wildman–Crippen MR) is 91.1 cm³/mol. The number of hydrogen-bond donors (Lipinski definition) is 1. The number of nitriles is 1. The third-order valence-electron chi connectivity index (χ3n) is 3.77. The number of hydrogen-bond acceptors (Lipinski definition) is 2. The normalized spacial score (nSPS) is 13.6. The molecule has 1 N–H and O–H groups in total. The molecule has 0 aliphatic heterocycles. The smallest absolute Gasteiger partial charge is 0.122 e. The molecule has 1 aromatic carbocycles. The second-order valence-corrected chi connectivity index (χ2v) is 6.53. The third kappa shape index (κ3) is 2.29. The maximum atomic E-state index is 9.51. The quantitative estimate of drug-likeness (QED) is 0.561. The molecule has 0 bridgehead atoms. The van der Waals surface area contributed by atoms with Gasteiger partial charge in [0, 0.05) is 14.8 Å². The Morgan fingerprint density at radius 3 is 2.70 bits per heavy atom. The van der Waals surface area contributed by atoms with Gasteiger partial charge in [-0.1, -0.05) is 30.4 Å². The van der Waals surface area contributed by atoms with Gasteiger partial charge in [0.25, 0.3) is 0 Å². The molecular weight excluding hydrogens is 379 g/mol. The Balaban J connectivity index is 2.39. The number of nitrogens with one attached hydrogen (secondary N) is 1. The molecule has 0 fully saturated rings. The number of nitrogens with zero attached hydrogens (tertiary/aromatic N) is 1. The van der Waals surface area contributed by atoms with Crippen molar-refractivity contribution in [2.24, 2.45) is 0 Å². The van der Waals surface area contributed by atoms with Crippen LogP contribution in [0, 0.1) is 19.5 Å². The van der Waals surface area contributed by atoms with Gasteiger partial charge in [0.05, 0.1) is 5.56 Å². The largest absolute Gasteiger partial charge is 0.349 e. The number of H-pyrrole nitrogens is 1. The average molecular weight is 392 g/mol. The number of fused-ring (bicyclic) bond motifs is 1. The van der Waals surface area contributed by atoms with E-state index in [2.05, 4.69) is 45.8 Å². The summed E-state index contributed by atoms with van der Waals surface area (Å²) in [7, 11) is 0. The zero-order valence-corrected chi connectivity index (χ0v) is 13.8. The fourth-order valence-electron chi connectivity index (χ4n) is 2.85. The molecule has 0 radical (unpaired) electrons. The minimum absolute atomic E-state index is 0.572. The van der Waals surface area contributed by atoms with E-state index in [1.807, 2.05) is 12.1 Å². The van der Waals surface area contributed by atoms with Crippen LogP contribution in [0.4, 0.5) is 0 Å². The van der Waals surface area contributed by atoms with Crippen LogP contribution in [0.3, 0.4) is 0 Å². The van der Waals surface area contributed by atoms with Crippen molar-refractivity contribution in [1.82, 2.24) is 4.98 Å². The summed E-state index contributed by atoms with van der Waals surface area (Å²) < 4.78 is 1.73. The van der Waals surface area contributed by atoms with Crippen LogP contribution >= 0.6 is 34.8 Å². The van der Waals surface area contributed by atoms with Crippen molar-refractivity contribution in [1.29, 1.82) is 5.26 Å². The Morgan fingerprint density at radius 2 is 1.95 bits per heavy atom. The van der Waals surface area contributed by atoms with Crippen molar-refractivity contribution in [3.63, 3.8) is 0 Å². The molecule has 2 aromatic rings. The number of pyridine rings is 1. The van der Waals surface area contributed by atoms with Gasteiger partial charge in [-0.25, -0.2) is 0 Å². The van der Waals surface area contributed by atoms with Crippen LogP contribution in [0.5, 0.6) is 0 Å². The van der Waals surface area contributed by atoms with E-state index in [0.717, 1.165) is 27.5 Å². The summed E-state index contributed by atoms with van der Waals surface area (Å²) in [6.45, 7) is 0. The van der Waals surface area contributed by atoms with Crippen LogP contribution in [-0.2, 0) is 12.8 Å². The molecular formula is C16H13IN2S. The molecule has 100 valence electrons. The van der Waals surface area contributed by atoms with Crippen molar-refractivity contribution >= 4 is 34.8 Å². The number of aryl methyl sites for hydroxylation is 1. The first-order valence-corrected chi connectivity index (χ1v) is 8.14. The molecule has 1 aliphatic carbocycles. The molecule has 0 saturated carbocycles. The lowest BCUT2D eigenvalue weighted by Crippen LogP contribution is -2.10. The van der Waals surface area contributed by atoms with Crippen LogP contribution in [0.15, 0.2) is 24.3 Å². The number of rotatable bonds is 1. The number of benzene rings is 1. The highest BCUT2D eigenvalue weighted by Gasteiger charge is 2.20. The van der Waals surface area contributed by atoms with Gasteiger partial charge >= 0.3 is 0 Å². The van der Waals surface area contributed by atoms with E-state index in [9.17, 15) is 5.26 Å². The van der Waals surface area contributed by atoms with Crippen molar-refractivity contribution in [3.8, 4) is 17.2 Å². The summed E-state index contributed by atoms with van der Waals surface area (Å²) >= 11 is 7.72. The van der Waals surface area contributed by atoms with Gasteiger partial charge in [-0.15, -0.1) is 0 Å². The summed E-state index contributed by atoms with van der Waals surface area (Å²) in [6.07, 6.45) is 4.42. The maximum Gasteiger partial charge on any atom is 0.122 e. The number of aromatic nitrogens is 1. The fraction of sp³-hybridized carbons (Fsp3) is 0.250. The molecule has 20 heavy (non-hydrogen) atoms. The van der Waals surface area contributed by atoms with E-state index in [-0.39, 0.29) is 0 Å². The molecule has 3 rings (SSSR count). The Morgan fingerprint density at radius 1 is 1.20 bits per heavy atom. The first-order chi connectivity index (χ1) is 9.72. The maximum absolute atomic E-state index is 9.51. The molecule has 2 nitrogen and oxygen atoms in total. The fourth-order valence-corrected chi connectivity index (χ4v) is 3.78. The van der Waals surface area contributed by atoms with E-state index in [1.54, 1.807) is 0 Å². The molecule has 1 aliphatic rings. The zero-order valence-electron chi connectivity index (χ0n) is 10.9. The minimum atomic E-state index is 0.572. The molecule has 4 heteroatoms. The second-order valence-electron chi connectivity index (χ2n) is 4.96. The molecule has 0 spiro atoms. The molecule has 0 unspecified atom stereocenters. The van der Waals surface area contributed by atoms with E-state index in [0.29, 0.717) is 10.2 Å². The van der Waals surface area contributed by atoms with Crippen molar-refractivity contribution in [3.05, 3.63) is 49.3 Å². The monoisotopic (exact) mass is 392 g/mol. The van der Waals surface area contributed by atoms with E-state index in [1.165, 1.54) is 24.1 Å². The highest BCUT2D eigenvalue weighted by atomic mass is 127. The topological polar surface area (TPSA) is 39.6 Å². The summed E-state index contributed by atoms with van der Waals surface area (Å²) in [6, 6.07) is 10.5. The highest BCUT2D eigenvalue weighted by molar-refractivity contribution is 14.1. The lowest BCUT2D eigenvalue weighted by molar-refractivity contribution is 0.668. The van der Waals surface area contributed by atoms with Gasteiger partial charge in [-0.2, -0.15) is 5.26 Å². The molecule has 0 saturated heterocycles. The molecule has 0 atom stereocenters. The SMILES string of the molecule is N#Cc1c(-c2ccccc2I)c2c([nH]c1=S)CCCC2. The van der Waals surface area contributed by atoms with Crippen molar-refractivity contribution < 1.29 is 0 Å². The second kappa shape index (κ2) is 5.66. The van der Waals surface area contributed by atoms with E-state index in [4.69, 9.17) is 12.2 Å². The van der Waals surface area contributed by atoms with Crippen LogP contribution in [0.2, 0.25) is 0 Å². The Labute approximate surface area is 137 Å². The van der Waals surface area contributed by atoms with Gasteiger partial charge < -0.3 is 4.98 Å². The lowest BCUT2D eigenvalue weighted by Gasteiger charge is -2.21. The minimum Gasteiger partial charge on any atom is -0.349 e. The zero-order chi connectivity index (χ0) is 14.1. The predicted octanol–water partition coefficient (Wildman–Crippen LogP) is 4.77. The Hall–Kier alpha value is -1.19.